The van der Waals surface area contributed by atoms with E-state index >= 15 is 0 Å². The highest BCUT2D eigenvalue weighted by Crippen LogP contribution is 2.38. The molecule has 0 amide bonds. The van der Waals surface area contributed by atoms with Gasteiger partial charge in [-0.2, -0.15) is 0 Å². The smallest absolute Gasteiger partial charge is 0.0797 e. The van der Waals surface area contributed by atoms with Crippen molar-refractivity contribution >= 4 is 33.3 Å². The fourth-order valence-corrected chi connectivity index (χ4v) is 3.60. The van der Waals surface area contributed by atoms with Crippen molar-refractivity contribution in [2.75, 3.05) is 6.26 Å². The molecule has 0 atom stereocenters. The molecule has 4 aromatic rings. The van der Waals surface area contributed by atoms with Crippen LogP contribution in [0.1, 0.15) is 0 Å². The van der Waals surface area contributed by atoms with E-state index in [0.29, 0.717) is 0 Å². The molecule has 0 bridgehead atoms. The van der Waals surface area contributed by atoms with Crippen LogP contribution in [0.25, 0.3) is 32.8 Å². The first-order valence-electron chi connectivity index (χ1n) is 7.28. The maximum atomic E-state index is 4.72. The molecular weight excluding hydrogens is 286 g/mol. The van der Waals surface area contributed by atoms with Crippen LogP contribution in [0, 0.1) is 0 Å². The summed E-state index contributed by atoms with van der Waals surface area (Å²) in [6.45, 7) is 0. The monoisotopic (exact) mass is 301 g/mol. The van der Waals surface area contributed by atoms with E-state index in [-0.39, 0.29) is 0 Å². The summed E-state index contributed by atoms with van der Waals surface area (Å²) in [6.07, 6.45) is 4.03. The molecule has 4 rings (SSSR count). The Hall–Kier alpha value is -2.32. The van der Waals surface area contributed by atoms with Gasteiger partial charge in [0.2, 0.25) is 0 Å². The Morgan fingerprint density at radius 2 is 1.41 bits per heavy atom. The second kappa shape index (κ2) is 5.47. The number of nitrogens with zero attached hydrogens (tertiary/aromatic N) is 1. The van der Waals surface area contributed by atoms with Gasteiger partial charge in [-0.05, 0) is 34.5 Å². The van der Waals surface area contributed by atoms with Gasteiger partial charge >= 0.3 is 0 Å². The zero-order valence-electron chi connectivity index (χ0n) is 12.3. The molecule has 2 heteroatoms. The van der Waals surface area contributed by atoms with Gasteiger partial charge in [0.25, 0.3) is 0 Å². The first-order valence-corrected chi connectivity index (χ1v) is 8.51. The van der Waals surface area contributed by atoms with E-state index in [9.17, 15) is 0 Å². The fraction of sp³-hybridized carbons (Fsp3) is 0.0500. The molecule has 0 N–H and O–H groups in total. The summed E-state index contributed by atoms with van der Waals surface area (Å²) < 4.78 is 0. The second-order valence-electron chi connectivity index (χ2n) is 5.24. The zero-order valence-corrected chi connectivity index (χ0v) is 13.1. The highest BCUT2D eigenvalue weighted by molar-refractivity contribution is 7.98. The number of benzene rings is 3. The number of hydrogen-bond acceptors (Lipinski definition) is 2. The molecule has 106 valence electrons. The summed E-state index contributed by atoms with van der Waals surface area (Å²) in [7, 11) is 0. The SMILES string of the molecule is CSc1ccc2ccccc2c1-c1nccc2ccccc12. The Morgan fingerprint density at radius 1 is 0.727 bits per heavy atom. The van der Waals surface area contributed by atoms with E-state index in [0.717, 1.165) is 5.69 Å². The minimum absolute atomic E-state index is 1.07. The Kier molecular flexibility index (Phi) is 3.32. The van der Waals surface area contributed by atoms with Crippen LogP contribution >= 0.6 is 11.8 Å². The lowest BCUT2D eigenvalue weighted by atomic mass is 9.98. The molecule has 22 heavy (non-hydrogen) atoms. The molecule has 0 aliphatic carbocycles. The normalized spacial score (nSPS) is 11.1. The van der Waals surface area contributed by atoms with Gasteiger partial charge in [-0.25, -0.2) is 0 Å². The number of rotatable bonds is 2. The van der Waals surface area contributed by atoms with E-state index in [1.54, 1.807) is 11.8 Å². The van der Waals surface area contributed by atoms with Crippen molar-refractivity contribution in [1.82, 2.24) is 4.98 Å². The van der Waals surface area contributed by atoms with Gasteiger partial charge in [-0.3, -0.25) is 4.98 Å². The number of hydrogen-bond donors (Lipinski definition) is 0. The van der Waals surface area contributed by atoms with Crippen LogP contribution in [0.2, 0.25) is 0 Å². The lowest BCUT2D eigenvalue weighted by Gasteiger charge is -2.13. The standard InChI is InChI=1S/C20H15NS/c1-22-18-11-10-14-6-2-4-8-16(14)19(18)20-17-9-5-3-7-15(17)12-13-21-20/h2-13H,1H3. The minimum atomic E-state index is 1.07. The third-order valence-electron chi connectivity index (χ3n) is 4.02. The van der Waals surface area contributed by atoms with Gasteiger partial charge in [0, 0.05) is 22.0 Å². The predicted octanol–water partition coefficient (Wildman–Crippen LogP) is 5.78. The third-order valence-corrected chi connectivity index (χ3v) is 4.80. The van der Waals surface area contributed by atoms with Crippen LogP contribution in [0.3, 0.4) is 0 Å². The molecule has 0 radical (unpaired) electrons. The van der Waals surface area contributed by atoms with Gasteiger partial charge in [0.05, 0.1) is 5.69 Å². The van der Waals surface area contributed by atoms with Gasteiger partial charge in [-0.15, -0.1) is 11.8 Å². The lowest BCUT2D eigenvalue weighted by Crippen LogP contribution is -1.90. The molecule has 0 saturated carbocycles. The van der Waals surface area contributed by atoms with Crippen molar-refractivity contribution in [1.29, 1.82) is 0 Å². The van der Waals surface area contributed by atoms with Crippen LogP contribution in [0.15, 0.2) is 77.8 Å². The number of fused-ring (bicyclic) bond motifs is 2. The topological polar surface area (TPSA) is 12.9 Å². The molecule has 0 fully saturated rings. The summed E-state index contributed by atoms with van der Waals surface area (Å²) in [5.74, 6) is 0. The molecule has 0 aliphatic rings. The summed E-state index contributed by atoms with van der Waals surface area (Å²) in [6, 6.07) is 23.4. The van der Waals surface area contributed by atoms with Gasteiger partial charge in [0.1, 0.15) is 0 Å². The molecule has 1 nitrogen and oxygen atoms in total. The lowest BCUT2D eigenvalue weighted by molar-refractivity contribution is 1.33. The average molecular weight is 301 g/mol. The van der Waals surface area contributed by atoms with Gasteiger partial charge < -0.3 is 0 Å². The molecule has 0 spiro atoms. The molecule has 0 aliphatic heterocycles. The van der Waals surface area contributed by atoms with Crippen LogP contribution in [0.4, 0.5) is 0 Å². The minimum Gasteiger partial charge on any atom is -0.256 e. The first-order chi connectivity index (χ1) is 10.9. The highest BCUT2D eigenvalue weighted by Gasteiger charge is 2.13. The molecule has 3 aromatic carbocycles. The van der Waals surface area contributed by atoms with Crippen LogP contribution in [-0.4, -0.2) is 11.2 Å². The third kappa shape index (κ3) is 2.08. The fourth-order valence-electron chi connectivity index (χ4n) is 2.98. The van der Waals surface area contributed by atoms with Crippen molar-refractivity contribution < 1.29 is 0 Å². The number of pyridine rings is 1. The van der Waals surface area contributed by atoms with Gasteiger partial charge in [-0.1, -0.05) is 54.6 Å². The number of aromatic nitrogens is 1. The zero-order chi connectivity index (χ0) is 14.9. The summed E-state index contributed by atoms with van der Waals surface area (Å²) >= 11 is 1.77. The van der Waals surface area contributed by atoms with E-state index in [4.69, 9.17) is 4.98 Å². The van der Waals surface area contributed by atoms with Crippen LogP contribution in [0.5, 0.6) is 0 Å². The predicted molar refractivity (Wildman–Crippen MR) is 96.5 cm³/mol. The molecule has 0 saturated heterocycles. The van der Waals surface area contributed by atoms with E-state index < -0.39 is 0 Å². The van der Waals surface area contributed by atoms with Crippen molar-refractivity contribution in [3.05, 3.63) is 72.9 Å². The summed E-state index contributed by atoms with van der Waals surface area (Å²) in [4.78, 5) is 5.99. The Labute approximate surface area is 134 Å². The van der Waals surface area contributed by atoms with Gasteiger partial charge in [0.15, 0.2) is 0 Å². The van der Waals surface area contributed by atoms with E-state index in [2.05, 4.69) is 73.0 Å². The van der Waals surface area contributed by atoms with Crippen molar-refractivity contribution in [2.24, 2.45) is 0 Å². The Bertz CT molecular complexity index is 970. The summed E-state index contributed by atoms with van der Waals surface area (Å²) in [5.41, 5.74) is 2.31. The van der Waals surface area contributed by atoms with Crippen molar-refractivity contribution in [3.63, 3.8) is 0 Å². The molecule has 0 unspecified atom stereocenters. The average Bonchev–Trinajstić information content (AvgIpc) is 2.60. The Balaban J connectivity index is 2.16. The molecule has 1 aromatic heterocycles. The maximum Gasteiger partial charge on any atom is 0.0797 e. The van der Waals surface area contributed by atoms with E-state index in [1.165, 1.54) is 32.0 Å². The quantitative estimate of drug-likeness (QED) is 0.435. The highest BCUT2D eigenvalue weighted by atomic mass is 32.2. The summed E-state index contributed by atoms with van der Waals surface area (Å²) in [5, 5.41) is 4.95. The van der Waals surface area contributed by atoms with Crippen molar-refractivity contribution in [3.8, 4) is 11.3 Å². The van der Waals surface area contributed by atoms with Crippen LogP contribution in [-0.2, 0) is 0 Å². The maximum absolute atomic E-state index is 4.72. The Morgan fingerprint density at radius 3 is 2.18 bits per heavy atom. The molecular formula is C20H15NS. The molecule has 1 heterocycles. The van der Waals surface area contributed by atoms with Crippen LogP contribution < -0.4 is 0 Å². The number of thioether (sulfide) groups is 1. The largest absolute Gasteiger partial charge is 0.256 e. The van der Waals surface area contributed by atoms with Crippen molar-refractivity contribution in [2.45, 2.75) is 4.90 Å². The second-order valence-corrected chi connectivity index (χ2v) is 6.09. The van der Waals surface area contributed by atoms with E-state index in [1.807, 2.05) is 6.20 Å². The first kappa shape index (κ1) is 13.4.